The van der Waals surface area contributed by atoms with Gasteiger partial charge in [0.1, 0.15) is 0 Å². The van der Waals surface area contributed by atoms with Crippen molar-refractivity contribution in [3.05, 3.63) is 43.5 Å². The highest BCUT2D eigenvalue weighted by Crippen LogP contribution is 2.27. The van der Waals surface area contributed by atoms with Gasteiger partial charge in [-0.05, 0) is 46.3 Å². The lowest BCUT2D eigenvalue weighted by atomic mass is 10.3. The molecule has 0 saturated carbocycles. The molecule has 3 rings (SSSR count). The molecule has 3 aromatic rings. The van der Waals surface area contributed by atoms with Gasteiger partial charge < -0.3 is 10.3 Å². The number of nitrogen functional groups attached to an aromatic ring is 1. The van der Waals surface area contributed by atoms with E-state index in [1.54, 1.807) is 11.3 Å². The second-order valence-electron chi connectivity index (χ2n) is 3.90. The number of fused-ring (bicyclic) bond motifs is 1. The van der Waals surface area contributed by atoms with Gasteiger partial charge in [0, 0.05) is 9.35 Å². The summed E-state index contributed by atoms with van der Waals surface area (Å²) in [6.07, 6.45) is 0. The fourth-order valence-corrected chi connectivity index (χ4v) is 3.70. The molecule has 0 atom stereocenters. The average Bonchev–Trinajstić information content (AvgIpc) is 2.84. The number of nitrogens with two attached hydrogens (primary N) is 1. The molecule has 3 nitrogen and oxygen atoms in total. The Balaban J connectivity index is 2.08. The molecule has 2 aromatic heterocycles. The Labute approximate surface area is 125 Å². The minimum Gasteiger partial charge on any atom is -0.369 e. The monoisotopic (exact) mass is 385 g/mol. The molecule has 0 aliphatic rings. The summed E-state index contributed by atoms with van der Waals surface area (Å²) in [7, 11) is 0. The second-order valence-corrected chi connectivity index (χ2v) is 7.36. The Bertz CT molecular complexity index is 717. The van der Waals surface area contributed by atoms with Crippen molar-refractivity contribution in [2.75, 3.05) is 5.73 Å². The SMILES string of the molecule is Nc1nc2cc(Br)ccc2n1Cc1ccc(Br)s1. The highest BCUT2D eigenvalue weighted by atomic mass is 79.9. The van der Waals surface area contributed by atoms with Crippen molar-refractivity contribution in [3.8, 4) is 0 Å². The molecule has 0 amide bonds. The zero-order chi connectivity index (χ0) is 12.7. The van der Waals surface area contributed by atoms with Crippen molar-refractivity contribution in [2.45, 2.75) is 6.54 Å². The van der Waals surface area contributed by atoms with Crippen LogP contribution in [0.25, 0.3) is 11.0 Å². The molecule has 0 radical (unpaired) electrons. The molecule has 0 fully saturated rings. The van der Waals surface area contributed by atoms with Crippen molar-refractivity contribution < 1.29 is 0 Å². The van der Waals surface area contributed by atoms with Crippen molar-refractivity contribution in [2.24, 2.45) is 0 Å². The summed E-state index contributed by atoms with van der Waals surface area (Å²) in [4.78, 5) is 5.63. The number of halogens is 2. The third kappa shape index (κ3) is 2.20. The maximum atomic E-state index is 5.99. The van der Waals surface area contributed by atoms with E-state index >= 15 is 0 Å². The lowest BCUT2D eigenvalue weighted by molar-refractivity contribution is 0.853. The van der Waals surface area contributed by atoms with Gasteiger partial charge in [0.2, 0.25) is 5.95 Å². The van der Waals surface area contributed by atoms with Crippen LogP contribution in [0.15, 0.2) is 38.6 Å². The van der Waals surface area contributed by atoms with Crippen LogP contribution in [-0.2, 0) is 6.54 Å². The summed E-state index contributed by atoms with van der Waals surface area (Å²) < 4.78 is 4.17. The Kier molecular flexibility index (Phi) is 3.17. The summed E-state index contributed by atoms with van der Waals surface area (Å²) in [5.74, 6) is 0.549. The number of aromatic nitrogens is 2. The van der Waals surface area contributed by atoms with Crippen molar-refractivity contribution in [1.29, 1.82) is 0 Å². The van der Waals surface area contributed by atoms with E-state index in [-0.39, 0.29) is 0 Å². The maximum Gasteiger partial charge on any atom is 0.201 e. The Morgan fingerprint density at radius 1 is 1.22 bits per heavy atom. The fraction of sp³-hybridized carbons (Fsp3) is 0.0833. The molecule has 0 aliphatic heterocycles. The molecule has 0 unspecified atom stereocenters. The summed E-state index contributed by atoms with van der Waals surface area (Å²) in [6.45, 7) is 0.750. The molecule has 2 N–H and O–H groups in total. The van der Waals surface area contributed by atoms with E-state index in [0.29, 0.717) is 5.95 Å². The van der Waals surface area contributed by atoms with Crippen LogP contribution in [0.4, 0.5) is 5.95 Å². The minimum absolute atomic E-state index is 0.549. The van der Waals surface area contributed by atoms with Gasteiger partial charge in [-0.15, -0.1) is 11.3 Å². The van der Waals surface area contributed by atoms with Crippen LogP contribution in [0.1, 0.15) is 4.88 Å². The molecular weight excluding hydrogens is 378 g/mol. The van der Waals surface area contributed by atoms with E-state index in [0.717, 1.165) is 25.8 Å². The number of imidazole rings is 1. The summed E-state index contributed by atoms with van der Waals surface area (Å²) in [6, 6.07) is 10.2. The normalized spacial score (nSPS) is 11.2. The average molecular weight is 387 g/mol. The van der Waals surface area contributed by atoms with Gasteiger partial charge in [-0.1, -0.05) is 15.9 Å². The molecule has 6 heteroatoms. The van der Waals surface area contributed by atoms with Crippen LogP contribution >= 0.6 is 43.2 Å². The minimum atomic E-state index is 0.549. The van der Waals surface area contributed by atoms with E-state index in [9.17, 15) is 0 Å². The van der Waals surface area contributed by atoms with Gasteiger partial charge in [0.05, 0.1) is 21.4 Å². The second kappa shape index (κ2) is 4.68. The number of rotatable bonds is 2. The first-order valence-corrected chi connectivity index (χ1v) is 7.69. The first-order chi connectivity index (χ1) is 8.63. The molecule has 0 spiro atoms. The standard InChI is InChI=1S/C12H9Br2N3S/c13-7-1-3-10-9(5-7)16-12(15)17(10)6-8-2-4-11(14)18-8/h1-5H,6H2,(H2,15,16). The third-order valence-electron chi connectivity index (χ3n) is 2.68. The predicted molar refractivity (Wildman–Crippen MR) is 83.0 cm³/mol. The molecule has 0 saturated heterocycles. The van der Waals surface area contributed by atoms with Crippen LogP contribution in [0.5, 0.6) is 0 Å². The summed E-state index contributed by atoms with van der Waals surface area (Å²) in [5, 5.41) is 0. The Hall–Kier alpha value is -0.850. The van der Waals surface area contributed by atoms with E-state index < -0.39 is 0 Å². The quantitative estimate of drug-likeness (QED) is 0.715. The van der Waals surface area contributed by atoms with Gasteiger partial charge in [-0.2, -0.15) is 0 Å². The summed E-state index contributed by atoms with van der Waals surface area (Å²) >= 11 is 8.62. The number of hydrogen-bond donors (Lipinski definition) is 1. The number of anilines is 1. The predicted octanol–water partition coefficient (Wildman–Crippen LogP) is 4.25. The topological polar surface area (TPSA) is 43.8 Å². The molecule has 0 bridgehead atoms. The number of hydrogen-bond acceptors (Lipinski definition) is 3. The highest BCUT2D eigenvalue weighted by Gasteiger charge is 2.09. The van der Waals surface area contributed by atoms with Crippen LogP contribution in [0, 0.1) is 0 Å². The van der Waals surface area contributed by atoms with Crippen LogP contribution < -0.4 is 5.73 Å². The maximum absolute atomic E-state index is 5.99. The first kappa shape index (κ1) is 12.2. The molecule has 0 aliphatic carbocycles. The fourth-order valence-electron chi connectivity index (χ4n) is 1.88. The first-order valence-electron chi connectivity index (χ1n) is 5.29. The van der Waals surface area contributed by atoms with Crippen molar-refractivity contribution in [3.63, 3.8) is 0 Å². The molecule has 18 heavy (non-hydrogen) atoms. The third-order valence-corrected chi connectivity index (χ3v) is 4.78. The smallest absolute Gasteiger partial charge is 0.201 e. The van der Waals surface area contributed by atoms with E-state index in [2.05, 4.69) is 42.9 Å². The van der Waals surface area contributed by atoms with Gasteiger partial charge in [0.15, 0.2) is 0 Å². The van der Waals surface area contributed by atoms with Gasteiger partial charge >= 0.3 is 0 Å². The van der Waals surface area contributed by atoms with Crippen LogP contribution in [-0.4, -0.2) is 9.55 Å². The molecular formula is C12H9Br2N3S. The lowest BCUT2D eigenvalue weighted by Gasteiger charge is -2.04. The highest BCUT2D eigenvalue weighted by molar-refractivity contribution is 9.11. The van der Waals surface area contributed by atoms with Crippen molar-refractivity contribution >= 4 is 60.2 Å². The Morgan fingerprint density at radius 3 is 2.78 bits per heavy atom. The van der Waals surface area contributed by atoms with E-state index in [1.165, 1.54) is 4.88 Å². The van der Waals surface area contributed by atoms with E-state index in [4.69, 9.17) is 5.73 Å². The Morgan fingerprint density at radius 2 is 2.06 bits per heavy atom. The summed E-state index contributed by atoms with van der Waals surface area (Å²) in [5.41, 5.74) is 7.96. The largest absolute Gasteiger partial charge is 0.369 e. The van der Waals surface area contributed by atoms with Crippen LogP contribution in [0.2, 0.25) is 0 Å². The van der Waals surface area contributed by atoms with Gasteiger partial charge in [-0.25, -0.2) is 4.98 Å². The lowest BCUT2D eigenvalue weighted by Crippen LogP contribution is -2.03. The number of thiophene rings is 1. The van der Waals surface area contributed by atoms with Gasteiger partial charge in [0.25, 0.3) is 0 Å². The molecule has 92 valence electrons. The number of nitrogens with zero attached hydrogens (tertiary/aromatic N) is 2. The van der Waals surface area contributed by atoms with Crippen LogP contribution in [0.3, 0.4) is 0 Å². The molecule has 2 heterocycles. The van der Waals surface area contributed by atoms with E-state index in [1.807, 2.05) is 28.8 Å². The zero-order valence-electron chi connectivity index (χ0n) is 9.23. The van der Waals surface area contributed by atoms with Crippen molar-refractivity contribution in [1.82, 2.24) is 9.55 Å². The van der Waals surface area contributed by atoms with Gasteiger partial charge in [-0.3, -0.25) is 0 Å². The number of benzene rings is 1. The zero-order valence-corrected chi connectivity index (χ0v) is 13.2. The molecule has 1 aromatic carbocycles.